The van der Waals surface area contributed by atoms with Crippen molar-refractivity contribution in [3.63, 3.8) is 0 Å². The molecule has 1 amide bonds. The molecule has 2 aromatic rings. The van der Waals surface area contributed by atoms with Crippen molar-refractivity contribution < 1.29 is 14.7 Å². The molecule has 2 rings (SSSR count). The summed E-state index contributed by atoms with van der Waals surface area (Å²) >= 11 is 0. The maximum Gasteiger partial charge on any atom is 0.335 e. The highest BCUT2D eigenvalue weighted by molar-refractivity contribution is 5.93. The molecule has 1 aromatic carbocycles. The number of anilines is 1. The molecule has 1 aromatic heterocycles. The van der Waals surface area contributed by atoms with Crippen LogP contribution < -0.4 is 5.32 Å². The highest BCUT2D eigenvalue weighted by Gasteiger charge is 2.08. The molecule has 0 radical (unpaired) electrons. The van der Waals surface area contributed by atoms with E-state index in [-0.39, 0.29) is 17.9 Å². The summed E-state index contributed by atoms with van der Waals surface area (Å²) in [6, 6.07) is 8.12. The maximum absolute atomic E-state index is 11.9. The van der Waals surface area contributed by atoms with Gasteiger partial charge in [-0.2, -0.15) is 5.10 Å². The van der Waals surface area contributed by atoms with Gasteiger partial charge in [-0.1, -0.05) is 6.07 Å². The van der Waals surface area contributed by atoms with Gasteiger partial charge in [0.05, 0.1) is 11.3 Å². The number of benzene rings is 1. The van der Waals surface area contributed by atoms with Crippen molar-refractivity contribution in [3.05, 3.63) is 47.3 Å². The van der Waals surface area contributed by atoms with Crippen LogP contribution in [0.25, 0.3) is 0 Å². The summed E-state index contributed by atoms with van der Waals surface area (Å²) in [5.74, 6) is -1.20. The molecule has 0 unspecified atom stereocenters. The van der Waals surface area contributed by atoms with Crippen LogP contribution in [0, 0.1) is 13.8 Å². The molecule has 0 saturated carbocycles. The van der Waals surface area contributed by atoms with Crippen LogP contribution in [0.15, 0.2) is 30.3 Å². The average molecular weight is 287 g/mol. The third-order valence-electron chi connectivity index (χ3n) is 3.05. The number of aromatic nitrogens is 2. The van der Waals surface area contributed by atoms with Crippen LogP contribution in [0.3, 0.4) is 0 Å². The number of nitrogens with one attached hydrogen (secondary N) is 1. The topological polar surface area (TPSA) is 84.2 Å². The Labute approximate surface area is 122 Å². The summed E-state index contributed by atoms with van der Waals surface area (Å²) < 4.78 is 1.78. The van der Waals surface area contributed by atoms with Crippen molar-refractivity contribution >= 4 is 17.6 Å². The predicted molar refractivity (Wildman–Crippen MR) is 78.3 cm³/mol. The second-order valence-electron chi connectivity index (χ2n) is 4.83. The minimum Gasteiger partial charge on any atom is -0.478 e. The van der Waals surface area contributed by atoms with Crippen LogP contribution >= 0.6 is 0 Å². The van der Waals surface area contributed by atoms with Gasteiger partial charge in [-0.05, 0) is 38.1 Å². The number of carboxylic acid groups (broad SMARTS) is 1. The van der Waals surface area contributed by atoms with E-state index in [0.29, 0.717) is 12.2 Å². The van der Waals surface area contributed by atoms with Gasteiger partial charge in [-0.25, -0.2) is 4.79 Å². The molecule has 6 heteroatoms. The van der Waals surface area contributed by atoms with E-state index < -0.39 is 5.97 Å². The summed E-state index contributed by atoms with van der Waals surface area (Å²) in [7, 11) is 0. The number of carbonyl (C=O) groups is 2. The zero-order valence-corrected chi connectivity index (χ0v) is 12.0. The first-order valence-corrected chi connectivity index (χ1v) is 6.60. The number of hydrogen-bond donors (Lipinski definition) is 2. The van der Waals surface area contributed by atoms with Crippen molar-refractivity contribution in [2.75, 3.05) is 5.32 Å². The number of nitrogens with zero attached hydrogens (tertiary/aromatic N) is 2. The number of carboxylic acids is 1. The van der Waals surface area contributed by atoms with Gasteiger partial charge in [0, 0.05) is 24.3 Å². The summed E-state index contributed by atoms with van der Waals surface area (Å²) in [4.78, 5) is 22.8. The van der Waals surface area contributed by atoms with Gasteiger partial charge in [0.2, 0.25) is 5.91 Å². The summed E-state index contributed by atoms with van der Waals surface area (Å²) in [5.41, 5.74) is 2.55. The second kappa shape index (κ2) is 6.21. The van der Waals surface area contributed by atoms with Crippen LogP contribution in [0.2, 0.25) is 0 Å². The standard InChI is InChI=1S/C15H17N3O3/c1-10-8-11(2)18(17-10)7-6-14(19)16-13-5-3-4-12(9-13)15(20)21/h3-5,8-9H,6-7H2,1-2H3,(H,16,19)(H,20,21). The number of amides is 1. The largest absolute Gasteiger partial charge is 0.478 e. The van der Waals surface area contributed by atoms with E-state index in [1.165, 1.54) is 12.1 Å². The second-order valence-corrected chi connectivity index (χ2v) is 4.83. The van der Waals surface area contributed by atoms with Crippen molar-refractivity contribution in [2.24, 2.45) is 0 Å². The van der Waals surface area contributed by atoms with Crippen LogP contribution in [-0.2, 0) is 11.3 Å². The van der Waals surface area contributed by atoms with Crippen molar-refractivity contribution in [1.82, 2.24) is 9.78 Å². The molecule has 0 aliphatic carbocycles. The first-order chi connectivity index (χ1) is 9.95. The van der Waals surface area contributed by atoms with Crippen LogP contribution in [-0.4, -0.2) is 26.8 Å². The predicted octanol–water partition coefficient (Wildman–Crippen LogP) is 2.23. The zero-order valence-electron chi connectivity index (χ0n) is 12.0. The highest BCUT2D eigenvalue weighted by Crippen LogP contribution is 2.11. The van der Waals surface area contributed by atoms with E-state index >= 15 is 0 Å². The van der Waals surface area contributed by atoms with E-state index in [9.17, 15) is 9.59 Å². The lowest BCUT2D eigenvalue weighted by Gasteiger charge is -2.07. The highest BCUT2D eigenvalue weighted by atomic mass is 16.4. The van der Waals surface area contributed by atoms with Crippen molar-refractivity contribution in [2.45, 2.75) is 26.8 Å². The Morgan fingerprint density at radius 2 is 2.05 bits per heavy atom. The molecule has 0 saturated heterocycles. The third kappa shape index (κ3) is 3.92. The molecule has 110 valence electrons. The van der Waals surface area contributed by atoms with Crippen LogP contribution in [0.1, 0.15) is 28.2 Å². The van der Waals surface area contributed by atoms with Gasteiger partial charge in [-0.15, -0.1) is 0 Å². The first-order valence-electron chi connectivity index (χ1n) is 6.60. The maximum atomic E-state index is 11.9. The Bertz CT molecular complexity index is 677. The fourth-order valence-corrected chi connectivity index (χ4v) is 2.06. The fraction of sp³-hybridized carbons (Fsp3) is 0.267. The molecule has 0 bridgehead atoms. The van der Waals surface area contributed by atoms with Crippen molar-refractivity contribution in [3.8, 4) is 0 Å². The zero-order chi connectivity index (χ0) is 15.4. The van der Waals surface area contributed by atoms with E-state index in [4.69, 9.17) is 5.11 Å². The third-order valence-corrected chi connectivity index (χ3v) is 3.05. The Morgan fingerprint density at radius 1 is 1.29 bits per heavy atom. The minimum atomic E-state index is -1.02. The van der Waals surface area contributed by atoms with Gasteiger partial charge >= 0.3 is 5.97 Å². The number of carbonyl (C=O) groups excluding carboxylic acids is 1. The van der Waals surface area contributed by atoms with Gasteiger partial charge < -0.3 is 10.4 Å². The Hall–Kier alpha value is -2.63. The molecule has 0 fully saturated rings. The molecule has 0 atom stereocenters. The summed E-state index contributed by atoms with van der Waals surface area (Å²) in [6.07, 6.45) is 0.277. The SMILES string of the molecule is Cc1cc(C)n(CCC(=O)Nc2cccc(C(=O)O)c2)n1. The Morgan fingerprint density at radius 3 is 2.67 bits per heavy atom. The Kier molecular flexibility index (Phi) is 4.37. The normalized spacial score (nSPS) is 10.4. The quantitative estimate of drug-likeness (QED) is 0.883. The minimum absolute atomic E-state index is 0.145. The Balaban J connectivity index is 1.94. The lowest BCUT2D eigenvalue weighted by atomic mass is 10.2. The van der Waals surface area contributed by atoms with Gasteiger partial charge in [0.15, 0.2) is 0 Å². The molecule has 1 heterocycles. The van der Waals surface area contributed by atoms with Gasteiger partial charge in [0.25, 0.3) is 0 Å². The van der Waals surface area contributed by atoms with Crippen LogP contribution in [0.5, 0.6) is 0 Å². The summed E-state index contributed by atoms with van der Waals surface area (Å²) in [5, 5.41) is 15.9. The van der Waals surface area contributed by atoms with E-state index in [0.717, 1.165) is 11.4 Å². The lowest BCUT2D eigenvalue weighted by Crippen LogP contribution is -2.16. The average Bonchev–Trinajstić information content (AvgIpc) is 2.75. The number of aryl methyl sites for hydroxylation is 3. The summed E-state index contributed by atoms with van der Waals surface area (Å²) in [6.45, 7) is 4.33. The molecule has 0 spiro atoms. The number of hydrogen-bond acceptors (Lipinski definition) is 3. The van der Waals surface area contributed by atoms with Crippen molar-refractivity contribution in [1.29, 1.82) is 0 Å². The van der Waals surface area contributed by atoms with E-state index in [1.807, 2.05) is 19.9 Å². The molecule has 0 aliphatic rings. The fourth-order valence-electron chi connectivity index (χ4n) is 2.06. The monoisotopic (exact) mass is 287 g/mol. The van der Waals surface area contributed by atoms with E-state index in [1.54, 1.807) is 16.8 Å². The van der Waals surface area contributed by atoms with E-state index in [2.05, 4.69) is 10.4 Å². The molecule has 0 aliphatic heterocycles. The number of aromatic carboxylic acids is 1. The number of rotatable bonds is 5. The smallest absolute Gasteiger partial charge is 0.335 e. The molecule has 2 N–H and O–H groups in total. The van der Waals surface area contributed by atoms with Gasteiger partial charge in [0.1, 0.15) is 0 Å². The molecular weight excluding hydrogens is 270 g/mol. The lowest BCUT2D eigenvalue weighted by molar-refractivity contribution is -0.116. The molecular formula is C15H17N3O3. The van der Waals surface area contributed by atoms with Crippen LogP contribution in [0.4, 0.5) is 5.69 Å². The molecule has 21 heavy (non-hydrogen) atoms. The molecule has 6 nitrogen and oxygen atoms in total. The van der Waals surface area contributed by atoms with Gasteiger partial charge in [-0.3, -0.25) is 9.48 Å². The first kappa shape index (κ1) is 14.8.